The third-order valence-corrected chi connectivity index (χ3v) is 4.93. The van der Waals surface area contributed by atoms with Crippen LogP contribution in [0.15, 0.2) is 43.0 Å². The predicted molar refractivity (Wildman–Crippen MR) is 103 cm³/mol. The van der Waals surface area contributed by atoms with Crippen molar-refractivity contribution in [3.63, 3.8) is 0 Å². The highest BCUT2D eigenvalue weighted by molar-refractivity contribution is 5.65. The highest BCUT2D eigenvalue weighted by atomic mass is 15.3. The molecule has 0 unspecified atom stereocenters. The number of rotatable bonds is 6. The van der Waals surface area contributed by atoms with E-state index < -0.39 is 0 Å². The van der Waals surface area contributed by atoms with E-state index in [9.17, 15) is 0 Å². The van der Waals surface area contributed by atoms with E-state index in [1.807, 2.05) is 17.1 Å². The molecule has 0 amide bonds. The van der Waals surface area contributed by atoms with Crippen molar-refractivity contribution in [2.45, 2.75) is 25.9 Å². The molecule has 4 rings (SSSR count). The lowest BCUT2D eigenvalue weighted by Crippen LogP contribution is -2.25. The Bertz CT molecular complexity index is 845. The summed E-state index contributed by atoms with van der Waals surface area (Å²) in [6, 6.07) is 8.59. The maximum absolute atomic E-state index is 4.99. The summed E-state index contributed by atoms with van der Waals surface area (Å²) in [6.07, 6.45) is 7.75. The quantitative estimate of drug-likeness (QED) is 0.741. The maximum atomic E-state index is 4.99. The second-order valence-corrected chi connectivity index (χ2v) is 7.10. The first-order valence-corrected chi connectivity index (χ1v) is 9.25. The fourth-order valence-electron chi connectivity index (χ4n) is 3.58. The molecule has 3 heterocycles. The van der Waals surface area contributed by atoms with Gasteiger partial charge in [0.05, 0.1) is 12.0 Å². The lowest BCUT2D eigenvalue weighted by molar-refractivity contribution is 0.377. The van der Waals surface area contributed by atoms with E-state index >= 15 is 0 Å². The molecule has 0 bridgehead atoms. The van der Waals surface area contributed by atoms with Crippen LogP contribution in [0.3, 0.4) is 0 Å². The summed E-state index contributed by atoms with van der Waals surface area (Å²) in [5.41, 5.74) is 6.17. The van der Waals surface area contributed by atoms with Gasteiger partial charge in [-0.1, -0.05) is 12.1 Å². The van der Waals surface area contributed by atoms with Gasteiger partial charge in [-0.05, 0) is 39.2 Å². The summed E-state index contributed by atoms with van der Waals surface area (Å²) < 4.78 is 4.25. The number of aryl methyl sites for hydroxylation is 1. The molecule has 3 aromatic rings. The number of fused-ring (bicyclic) bond motifs is 1. The van der Waals surface area contributed by atoms with E-state index in [4.69, 9.17) is 5.10 Å². The molecular weight excluding hydrogens is 324 g/mol. The SMILES string of the molecule is CN(C)CCCn1nc(-c2ccc(-n3ccnc3)cc2)c2c1CCNC2. The standard InChI is InChI=1S/C20H26N6/c1-24(2)11-3-12-26-19-8-9-21-14-18(19)20(23-26)16-4-6-17(7-5-16)25-13-10-22-15-25/h4-7,10,13,15,21H,3,8-9,11-12,14H2,1-2H3. The van der Waals surface area contributed by atoms with Crippen LogP contribution < -0.4 is 5.32 Å². The Hall–Kier alpha value is -2.44. The zero-order chi connectivity index (χ0) is 17.9. The average Bonchev–Trinajstić information content (AvgIpc) is 3.30. The topological polar surface area (TPSA) is 50.9 Å². The van der Waals surface area contributed by atoms with E-state index in [0.29, 0.717) is 0 Å². The van der Waals surface area contributed by atoms with E-state index in [-0.39, 0.29) is 0 Å². The van der Waals surface area contributed by atoms with Gasteiger partial charge in [-0.3, -0.25) is 4.68 Å². The van der Waals surface area contributed by atoms with Crippen molar-refractivity contribution in [1.82, 2.24) is 29.5 Å². The van der Waals surface area contributed by atoms with Gasteiger partial charge in [-0.15, -0.1) is 0 Å². The van der Waals surface area contributed by atoms with Crippen LogP contribution in [0.1, 0.15) is 17.7 Å². The highest BCUT2D eigenvalue weighted by Crippen LogP contribution is 2.28. The molecular formula is C20H26N6. The fourth-order valence-corrected chi connectivity index (χ4v) is 3.58. The first kappa shape index (κ1) is 17.0. The summed E-state index contributed by atoms with van der Waals surface area (Å²) in [5, 5.41) is 8.49. The van der Waals surface area contributed by atoms with Crippen molar-refractivity contribution in [2.75, 3.05) is 27.2 Å². The van der Waals surface area contributed by atoms with Gasteiger partial charge in [0.15, 0.2) is 0 Å². The molecule has 1 aliphatic heterocycles. The minimum absolute atomic E-state index is 0.904. The van der Waals surface area contributed by atoms with E-state index in [1.54, 1.807) is 6.20 Å². The number of benzene rings is 1. The molecule has 136 valence electrons. The molecule has 0 fully saturated rings. The van der Waals surface area contributed by atoms with Crippen molar-refractivity contribution in [3.8, 4) is 16.9 Å². The Kier molecular flexibility index (Phi) is 4.86. The molecule has 2 aromatic heterocycles. The van der Waals surface area contributed by atoms with Crippen LogP contribution in [0.5, 0.6) is 0 Å². The largest absolute Gasteiger partial charge is 0.312 e. The maximum Gasteiger partial charge on any atom is 0.0991 e. The van der Waals surface area contributed by atoms with Gasteiger partial charge in [0, 0.05) is 61.0 Å². The Labute approximate surface area is 154 Å². The molecule has 0 radical (unpaired) electrons. The molecule has 1 aromatic carbocycles. The molecule has 1 aliphatic rings. The lowest BCUT2D eigenvalue weighted by atomic mass is 10.0. The summed E-state index contributed by atoms with van der Waals surface area (Å²) in [4.78, 5) is 6.35. The van der Waals surface area contributed by atoms with E-state index in [0.717, 1.165) is 50.4 Å². The molecule has 0 saturated heterocycles. The molecule has 0 aliphatic carbocycles. The van der Waals surface area contributed by atoms with Gasteiger partial charge in [0.25, 0.3) is 0 Å². The molecule has 1 N–H and O–H groups in total. The van der Waals surface area contributed by atoms with Crippen molar-refractivity contribution >= 4 is 0 Å². The molecule has 0 saturated carbocycles. The summed E-state index contributed by atoms with van der Waals surface area (Å²) in [7, 11) is 4.24. The monoisotopic (exact) mass is 350 g/mol. The van der Waals surface area contributed by atoms with E-state index in [2.05, 4.69) is 58.2 Å². The van der Waals surface area contributed by atoms with Crippen molar-refractivity contribution < 1.29 is 0 Å². The second-order valence-electron chi connectivity index (χ2n) is 7.10. The number of imidazole rings is 1. The summed E-state index contributed by atoms with van der Waals surface area (Å²) in [6.45, 7) is 4.00. The van der Waals surface area contributed by atoms with Crippen LogP contribution >= 0.6 is 0 Å². The lowest BCUT2D eigenvalue weighted by Gasteiger charge is -2.16. The van der Waals surface area contributed by atoms with Crippen LogP contribution in [0.4, 0.5) is 0 Å². The van der Waals surface area contributed by atoms with Gasteiger partial charge in [-0.25, -0.2) is 4.98 Å². The first-order valence-electron chi connectivity index (χ1n) is 9.25. The van der Waals surface area contributed by atoms with Crippen LogP contribution in [-0.4, -0.2) is 51.4 Å². The van der Waals surface area contributed by atoms with E-state index in [1.165, 1.54) is 16.8 Å². The van der Waals surface area contributed by atoms with Gasteiger partial charge in [-0.2, -0.15) is 5.10 Å². The van der Waals surface area contributed by atoms with Crippen LogP contribution in [0, 0.1) is 0 Å². The Morgan fingerprint density at radius 1 is 1.19 bits per heavy atom. The number of hydrogen-bond donors (Lipinski definition) is 1. The Balaban J connectivity index is 1.62. The van der Waals surface area contributed by atoms with Crippen LogP contribution in [0.25, 0.3) is 16.9 Å². The summed E-state index contributed by atoms with van der Waals surface area (Å²) in [5.74, 6) is 0. The smallest absolute Gasteiger partial charge is 0.0991 e. The van der Waals surface area contributed by atoms with Gasteiger partial charge >= 0.3 is 0 Å². The molecule has 0 atom stereocenters. The van der Waals surface area contributed by atoms with Crippen molar-refractivity contribution in [1.29, 1.82) is 0 Å². The van der Waals surface area contributed by atoms with Gasteiger partial charge in [0.2, 0.25) is 0 Å². The molecule has 6 nitrogen and oxygen atoms in total. The molecule has 6 heteroatoms. The Morgan fingerprint density at radius 3 is 2.77 bits per heavy atom. The third-order valence-electron chi connectivity index (χ3n) is 4.93. The minimum Gasteiger partial charge on any atom is -0.312 e. The predicted octanol–water partition coefficient (Wildman–Crippen LogP) is 2.33. The van der Waals surface area contributed by atoms with Gasteiger partial charge < -0.3 is 14.8 Å². The first-order chi connectivity index (χ1) is 12.7. The molecule has 0 spiro atoms. The molecule has 26 heavy (non-hydrogen) atoms. The highest BCUT2D eigenvalue weighted by Gasteiger charge is 2.21. The number of nitrogens with one attached hydrogen (secondary N) is 1. The minimum atomic E-state index is 0.904. The Morgan fingerprint density at radius 2 is 2.04 bits per heavy atom. The second kappa shape index (κ2) is 7.43. The van der Waals surface area contributed by atoms with Gasteiger partial charge in [0.1, 0.15) is 0 Å². The number of nitrogens with zero attached hydrogens (tertiary/aromatic N) is 5. The van der Waals surface area contributed by atoms with Crippen LogP contribution in [0.2, 0.25) is 0 Å². The zero-order valence-electron chi connectivity index (χ0n) is 15.5. The normalized spacial score (nSPS) is 14.0. The van der Waals surface area contributed by atoms with Crippen molar-refractivity contribution in [2.24, 2.45) is 0 Å². The third kappa shape index (κ3) is 3.43. The number of aromatic nitrogens is 4. The average molecular weight is 350 g/mol. The fraction of sp³-hybridized carbons (Fsp3) is 0.400. The summed E-state index contributed by atoms with van der Waals surface area (Å²) >= 11 is 0. The number of hydrogen-bond acceptors (Lipinski definition) is 4. The van der Waals surface area contributed by atoms with Crippen LogP contribution in [-0.2, 0) is 19.5 Å². The van der Waals surface area contributed by atoms with Crippen molar-refractivity contribution in [3.05, 3.63) is 54.2 Å². The zero-order valence-corrected chi connectivity index (χ0v) is 15.5.